The van der Waals surface area contributed by atoms with E-state index in [4.69, 9.17) is 5.41 Å². The van der Waals surface area contributed by atoms with Gasteiger partial charge in [-0.15, -0.1) is 0 Å². The number of hydrogen-bond donors (Lipinski definition) is 1. The van der Waals surface area contributed by atoms with Crippen molar-refractivity contribution in [2.24, 2.45) is 0 Å². The first-order chi connectivity index (χ1) is 6.77. The fourth-order valence-electron chi connectivity index (χ4n) is 1.79. The van der Waals surface area contributed by atoms with Gasteiger partial charge in [0, 0.05) is 31.9 Å². The summed E-state index contributed by atoms with van der Waals surface area (Å²) in [5, 5.41) is 7.74. The Balaban J connectivity index is 2.10. The number of rotatable bonds is 2. The molecule has 0 aromatic carbocycles. The van der Waals surface area contributed by atoms with Crippen molar-refractivity contribution in [3.05, 3.63) is 29.6 Å². The van der Waals surface area contributed by atoms with E-state index >= 15 is 0 Å². The molecule has 1 aliphatic heterocycles. The monoisotopic (exact) mass is 189 g/mol. The van der Waals surface area contributed by atoms with Crippen LogP contribution in [0.15, 0.2) is 18.5 Å². The van der Waals surface area contributed by atoms with Gasteiger partial charge in [-0.1, -0.05) is 0 Å². The van der Waals surface area contributed by atoms with Crippen molar-refractivity contribution >= 4 is 5.84 Å². The zero-order valence-corrected chi connectivity index (χ0v) is 8.45. The maximum absolute atomic E-state index is 7.74. The molecule has 1 aromatic heterocycles. The Morgan fingerprint density at radius 2 is 2.43 bits per heavy atom. The fraction of sp³-hybridized carbons (Fsp3) is 0.455. The lowest BCUT2D eigenvalue weighted by molar-refractivity contribution is 0.445. The maximum Gasteiger partial charge on any atom is 0.0961 e. The van der Waals surface area contributed by atoms with Crippen LogP contribution < -0.4 is 0 Å². The van der Waals surface area contributed by atoms with Crippen LogP contribution in [0.5, 0.6) is 0 Å². The van der Waals surface area contributed by atoms with Gasteiger partial charge in [-0.05, 0) is 30.5 Å². The highest BCUT2D eigenvalue weighted by molar-refractivity contribution is 5.80. The highest BCUT2D eigenvalue weighted by atomic mass is 15.2. The number of pyridine rings is 1. The van der Waals surface area contributed by atoms with Crippen molar-refractivity contribution in [1.29, 1.82) is 5.41 Å². The first-order valence-electron chi connectivity index (χ1n) is 4.99. The highest BCUT2D eigenvalue weighted by Gasteiger charge is 2.17. The lowest BCUT2D eigenvalue weighted by Crippen LogP contribution is -2.23. The minimum Gasteiger partial charge on any atom is -0.356 e. The van der Waals surface area contributed by atoms with Crippen LogP contribution in [-0.2, 0) is 6.54 Å². The number of likely N-dealkylation sites (tertiary alicyclic amines) is 1. The van der Waals surface area contributed by atoms with Crippen molar-refractivity contribution in [1.82, 2.24) is 9.88 Å². The zero-order chi connectivity index (χ0) is 9.97. The molecule has 2 rings (SSSR count). The second kappa shape index (κ2) is 3.78. The predicted molar refractivity (Wildman–Crippen MR) is 56.3 cm³/mol. The molecule has 1 N–H and O–H groups in total. The van der Waals surface area contributed by atoms with Gasteiger partial charge in [0.15, 0.2) is 0 Å². The van der Waals surface area contributed by atoms with Gasteiger partial charge >= 0.3 is 0 Å². The summed E-state index contributed by atoms with van der Waals surface area (Å²) in [5.74, 6) is 0.779. The van der Waals surface area contributed by atoms with Crippen LogP contribution in [0.3, 0.4) is 0 Å². The van der Waals surface area contributed by atoms with Gasteiger partial charge in [-0.2, -0.15) is 0 Å². The second-order valence-electron chi connectivity index (χ2n) is 3.77. The quantitative estimate of drug-likeness (QED) is 0.772. The molecule has 0 bridgehead atoms. The van der Waals surface area contributed by atoms with Gasteiger partial charge in [-0.25, -0.2) is 0 Å². The lowest BCUT2D eigenvalue weighted by Gasteiger charge is -2.18. The molecule has 14 heavy (non-hydrogen) atoms. The van der Waals surface area contributed by atoms with Crippen LogP contribution in [0.25, 0.3) is 0 Å². The molecule has 0 saturated carbocycles. The second-order valence-corrected chi connectivity index (χ2v) is 3.77. The number of aromatic nitrogens is 1. The maximum atomic E-state index is 7.74. The molecule has 3 nitrogen and oxygen atoms in total. The van der Waals surface area contributed by atoms with E-state index in [1.165, 1.54) is 11.1 Å². The number of amidine groups is 1. The standard InChI is InChI=1S/C11H15N3/c1-9-7-13-5-4-10(9)8-14-6-2-3-11(14)12/h4-5,7,12H,2-3,6,8H2,1H3. The first-order valence-corrected chi connectivity index (χ1v) is 4.99. The molecule has 74 valence electrons. The highest BCUT2D eigenvalue weighted by Crippen LogP contribution is 2.15. The third kappa shape index (κ3) is 1.76. The normalized spacial score (nSPS) is 16.4. The molecular formula is C11H15N3. The van der Waals surface area contributed by atoms with E-state index in [9.17, 15) is 0 Å². The van der Waals surface area contributed by atoms with Gasteiger partial charge < -0.3 is 4.90 Å². The molecule has 1 fully saturated rings. The minimum absolute atomic E-state index is 0.779. The molecule has 3 heteroatoms. The van der Waals surface area contributed by atoms with E-state index in [0.29, 0.717) is 0 Å². The molecule has 0 aliphatic carbocycles. The summed E-state index contributed by atoms with van der Waals surface area (Å²) < 4.78 is 0. The number of nitrogens with one attached hydrogen (secondary N) is 1. The molecular weight excluding hydrogens is 174 g/mol. The number of aryl methyl sites for hydroxylation is 1. The summed E-state index contributed by atoms with van der Waals surface area (Å²) in [6.07, 6.45) is 5.77. The smallest absolute Gasteiger partial charge is 0.0961 e. The van der Waals surface area contributed by atoms with Crippen LogP contribution >= 0.6 is 0 Å². The Morgan fingerprint density at radius 3 is 3.07 bits per heavy atom. The van der Waals surface area contributed by atoms with E-state index < -0.39 is 0 Å². The van der Waals surface area contributed by atoms with Crippen LogP contribution in [0.2, 0.25) is 0 Å². The SMILES string of the molecule is Cc1cnccc1CN1CCCC1=N. The van der Waals surface area contributed by atoms with E-state index in [1.54, 1.807) is 0 Å². The first kappa shape index (κ1) is 9.19. The van der Waals surface area contributed by atoms with E-state index in [0.717, 1.165) is 31.8 Å². The van der Waals surface area contributed by atoms with Crippen LogP contribution in [0, 0.1) is 12.3 Å². The summed E-state index contributed by atoms with van der Waals surface area (Å²) in [7, 11) is 0. The van der Waals surface area contributed by atoms with Crippen molar-refractivity contribution < 1.29 is 0 Å². The topological polar surface area (TPSA) is 40.0 Å². The molecule has 1 aromatic rings. The van der Waals surface area contributed by atoms with Crippen LogP contribution in [-0.4, -0.2) is 22.3 Å². The molecule has 0 spiro atoms. The molecule has 0 amide bonds. The summed E-state index contributed by atoms with van der Waals surface area (Å²) in [6.45, 7) is 3.97. The van der Waals surface area contributed by atoms with Gasteiger partial charge in [-0.3, -0.25) is 10.4 Å². The Hall–Kier alpha value is -1.38. The van der Waals surface area contributed by atoms with Gasteiger partial charge in [0.2, 0.25) is 0 Å². The fourth-order valence-corrected chi connectivity index (χ4v) is 1.79. The Bertz CT molecular complexity index is 346. The number of hydrogen-bond acceptors (Lipinski definition) is 2. The Morgan fingerprint density at radius 1 is 1.57 bits per heavy atom. The number of nitrogens with zero attached hydrogens (tertiary/aromatic N) is 2. The molecule has 1 saturated heterocycles. The predicted octanol–water partition coefficient (Wildman–Crippen LogP) is 1.96. The average molecular weight is 189 g/mol. The van der Waals surface area contributed by atoms with E-state index in [2.05, 4.69) is 16.8 Å². The molecule has 0 radical (unpaired) electrons. The largest absolute Gasteiger partial charge is 0.356 e. The van der Waals surface area contributed by atoms with E-state index in [1.807, 2.05) is 18.5 Å². The summed E-state index contributed by atoms with van der Waals surface area (Å²) >= 11 is 0. The van der Waals surface area contributed by atoms with Crippen LogP contribution in [0.1, 0.15) is 24.0 Å². The van der Waals surface area contributed by atoms with E-state index in [-0.39, 0.29) is 0 Å². The molecule has 0 atom stereocenters. The van der Waals surface area contributed by atoms with Crippen molar-refractivity contribution in [2.45, 2.75) is 26.3 Å². The third-order valence-corrected chi connectivity index (χ3v) is 2.72. The summed E-state index contributed by atoms with van der Waals surface area (Å²) in [4.78, 5) is 6.21. The van der Waals surface area contributed by atoms with Gasteiger partial charge in [0.05, 0.1) is 5.84 Å². The minimum atomic E-state index is 0.779. The van der Waals surface area contributed by atoms with Gasteiger partial charge in [0.1, 0.15) is 0 Å². The lowest BCUT2D eigenvalue weighted by atomic mass is 10.1. The summed E-state index contributed by atoms with van der Waals surface area (Å²) in [5.41, 5.74) is 2.50. The van der Waals surface area contributed by atoms with Gasteiger partial charge in [0.25, 0.3) is 0 Å². The average Bonchev–Trinajstić information content (AvgIpc) is 2.56. The zero-order valence-electron chi connectivity index (χ0n) is 8.45. The van der Waals surface area contributed by atoms with Crippen molar-refractivity contribution in [3.63, 3.8) is 0 Å². The Kier molecular flexibility index (Phi) is 2.48. The summed E-state index contributed by atoms with van der Waals surface area (Å²) in [6, 6.07) is 2.04. The molecule has 0 unspecified atom stereocenters. The molecule has 2 heterocycles. The Labute approximate surface area is 84.3 Å². The van der Waals surface area contributed by atoms with Crippen molar-refractivity contribution in [3.8, 4) is 0 Å². The van der Waals surface area contributed by atoms with Crippen LogP contribution in [0.4, 0.5) is 0 Å². The van der Waals surface area contributed by atoms with Crippen molar-refractivity contribution in [2.75, 3.05) is 6.54 Å². The third-order valence-electron chi connectivity index (χ3n) is 2.72. The molecule has 1 aliphatic rings.